The number of carbonyl (C=O) groups excluding carboxylic acids is 1. The van der Waals surface area contributed by atoms with Gasteiger partial charge < -0.3 is 5.32 Å². The van der Waals surface area contributed by atoms with E-state index in [4.69, 9.17) is 0 Å². The van der Waals surface area contributed by atoms with E-state index in [1.54, 1.807) is 29.2 Å². The van der Waals surface area contributed by atoms with E-state index in [0.717, 1.165) is 16.7 Å². The molecule has 0 fully saturated rings. The third kappa shape index (κ3) is 3.49. The Bertz CT molecular complexity index is 1140. The Balaban J connectivity index is 1.62. The number of nitrogens with one attached hydrogen (secondary N) is 1. The van der Waals surface area contributed by atoms with Crippen molar-refractivity contribution in [2.75, 3.05) is 0 Å². The summed E-state index contributed by atoms with van der Waals surface area (Å²) in [5.41, 5.74) is 5.21. The number of halogens is 1. The van der Waals surface area contributed by atoms with Crippen LogP contribution >= 0.6 is 0 Å². The fourth-order valence-electron chi connectivity index (χ4n) is 3.36. The topological polar surface area (TPSA) is 59.8 Å². The number of aromatic nitrogens is 3. The molecule has 0 aliphatic heterocycles. The van der Waals surface area contributed by atoms with Gasteiger partial charge in [-0.1, -0.05) is 29.3 Å². The number of carbonyl (C=O) groups is 1. The maximum absolute atomic E-state index is 13.2. The molecule has 0 saturated carbocycles. The first-order chi connectivity index (χ1) is 13.5. The van der Waals surface area contributed by atoms with E-state index in [1.165, 1.54) is 18.3 Å². The molecule has 140 valence electrons. The summed E-state index contributed by atoms with van der Waals surface area (Å²) < 4.78 is 14.8. The van der Waals surface area contributed by atoms with E-state index in [1.807, 2.05) is 13.8 Å². The Labute approximate surface area is 161 Å². The van der Waals surface area contributed by atoms with E-state index < -0.39 is 0 Å². The maximum Gasteiger partial charge on any atom is 0.253 e. The van der Waals surface area contributed by atoms with Crippen molar-refractivity contribution in [1.29, 1.82) is 0 Å². The minimum atomic E-state index is -0.315. The van der Waals surface area contributed by atoms with Gasteiger partial charge in [0.25, 0.3) is 5.91 Å². The number of amides is 1. The molecule has 2 heterocycles. The summed E-state index contributed by atoms with van der Waals surface area (Å²) >= 11 is 0. The van der Waals surface area contributed by atoms with E-state index in [0.29, 0.717) is 28.7 Å². The molecule has 0 aliphatic rings. The lowest BCUT2D eigenvalue weighted by Crippen LogP contribution is -2.23. The van der Waals surface area contributed by atoms with Gasteiger partial charge in [0.2, 0.25) is 0 Å². The minimum Gasteiger partial charge on any atom is -0.348 e. The molecule has 6 heteroatoms. The van der Waals surface area contributed by atoms with Crippen LogP contribution in [0.4, 0.5) is 4.39 Å². The number of nitrogens with zero attached hydrogens (tertiary/aromatic N) is 3. The van der Waals surface area contributed by atoms with Crippen molar-refractivity contribution in [2.45, 2.75) is 20.4 Å². The second kappa shape index (κ2) is 7.23. The summed E-state index contributed by atoms with van der Waals surface area (Å²) in [5.74, 6) is -0.527. The van der Waals surface area contributed by atoms with Crippen molar-refractivity contribution in [3.63, 3.8) is 0 Å². The van der Waals surface area contributed by atoms with Gasteiger partial charge in [0.15, 0.2) is 0 Å². The zero-order valence-corrected chi connectivity index (χ0v) is 15.6. The van der Waals surface area contributed by atoms with E-state index in [9.17, 15) is 9.18 Å². The summed E-state index contributed by atoms with van der Waals surface area (Å²) in [4.78, 5) is 17.0. The molecule has 4 rings (SSSR count). The second-order valence-corrected chi connectivity index (χ2v) is 6.83. The molecule has 1 N–H and O–H groups in total. The van der Waals surface area contributed by atoms with E-state index in [-0.39, 0.29) is 11.7 Å². The lowest BCUT2D eigenvalue weighted by Gasteiger charge is -2.08. The molecule has 2 aromatic heterocycles. The largest absolute Gasteiger partial charge is 0.348 e. The lowest BCUT2D eigenvalue weighted by atomic mass is 10.1. The fraction of sp³-hybridized carbons (Fsp3) is 0.136. The minimum absolute atomic E-state index is 0.212. The zero-order valence-electron chi connectivity index (χ0n) is 15.6. The van der Waals surface area contributed by atoms with Crippen LogP contribution in [-0.4, -0.2) is 20.7 Å². The summed E-state index contributed by atoms with van der Waals surface area (Å²) in [6.45, 7) is 4.50. The lowest BCUT2D eigenvalue weighted by molar-refractivity contribution is 0.0952. The molecule has 1 amide bonds. The zero-order chi connectivity index (χ0) is 19.7. The van der Waals surface area contributed by atoms with Crippen LogP contribution in [0, 0.1) is 19.7 Å². The first-order valence-corrected chi connectivity index (χ1v) is 8.94. The van der Waals surface area contributed by atoms with Crippen LogP contribution in [0.5, 0.6) is 0 Å². The number of hydrogen-bond donors (Lipinski definition) is 1. The van der Waals surface area contributed by atoms with Gasteiger partial charge in [0.05, 0.1) is 29.2 Å². The third-order valence-corrected chi connectivity index (χ3v) is 4.55. The average Bonchev–Trinajstić information content (AvgIpc) is 3.10. The van der Waals surface area contributed by atoms with E-state index in [2.05, 4.69) is 33.6 Å². The van der Waals surface area contributed by atoms with Gasteiger partial charge >= 0.3 is 0 Å². The average molecular weight is 374 g/mol. The van der Waals surface area contributed by atoms with Crippen molar-refractivity contribution in [3.05, 3.63) is 89.1 Å². The van der Waals surface area contributed by atoms with Gasteiger partial charge in [-0.15, -0.1) is 0 Å². The number of aryl methyl sites for hydroxylation is 2. The summed E-state index contributed by atoms with van der Waals surface area (Å²) in [6.07, 6.45) is 4.81. The second-order valence-electron chi connectivity index (χ2n) is 6.83. The van der Waals surface area contributed by atoms with Gasteiger partial charge in [0.1, 0.15) is 5.82 Å². The quantitative estimate of drug-likeness (QED) is 0.585. The molecule has 0 atom stereocenters. The van der Waals surface area contributed by atoms with Crippen LogP contribution in [-0.2, 0) is 6.54 Å². The summed E-state index contributed by atoms with van der Waals surface area (Å²) in [5, 5.41) is 8.00. The highest BCUT2D eigenvalue weighted by Gasteiger charge is 2.15. The van der Waals surface area contributed by atoms with Gasteiger partial charge in [-0.2, -0.15) is 5.10 Å². The molecule has 0 bridgehead atoms. The number of pyridine rings is 1. The monoisotopic (exact) mass is 374 g/mol. The maximum atomic E-state index is 13.2. The Morgan fingerprint density at radius 2 is 1.75 bits per heavy atom. The van der Waals surface area contributed by atoms with E-state index >= 15 is 0 Å². The Hall–Kier alpha value is -3.54. The van der Waals surface area contributed by atoms with Crippen molar-refractivity contribution < 1.29 is 9.18 Å². The van der Waals surface area contributed by atoms with Gasteiger partial charge in [-0.3, -0.25) is 9.78 Å². The van der Waals surface area contributed by atoms with Gasteiger partial charge in [-0.25, -0.2) is 9.07 Å². The fourth-order valence-corrected chi connectivity index (χ4v) is 3.36. The van der Waals surface area contributed by atoms with Crippen molar-refractivity contribution in [1.82, 2.24) is 20.1 Å². The smallest absolute Gasteiger partial charge is 0.253 e. The molecular weight excluding hydrogens is 355 g/mol. The molecule has 0 aliphatic carbocycles. The molecule has 28 heavy (non-hydrogen) atoms. The van der Waals surface area contributed by atoms with Crippen LogP contribution in [0.2, 0.25) is 0 Å². The summed E-state index contributed by atoms with van der Waals surface area (Å²) in [6, 6.07) is 12.2. The molecule has 0 spiro atoms. The molecular formula is C22H19FN4O. The van der Waals surface area contributed by atoms with Crippen molar-refractivity contribution in [2.24, 2.45) is 0 Å². The van der Waals surface area contributed by atoms with Crippen LogP contribution in [0.15, 0.2) is 61.1 Å². The first kappa shape index (κ1) is 17.9. The van der Waals surface area contributed by atoms with Gasteiger partial charge in [0, 0.05) is 18.1 Å². The highest BCUT2D eigenvalue weighted by atomic mass is 19.1. The first-order valence-electron chi connectivity index (χ1n) is 8.94. The Morgan fingerprint density at radius 1 is 1.04 bits per heavy atom. The highest BCUT2D eigenvalue weighted by Crippen LogP contribution is 2.21. The number of hydrogen-bond acceptors (Lipinski definition) is 3. The van der Waals surface area contributed by atoms with Gasteiger partial charge in [-0.05, 0) is 43.7 Å². The van der Waals surface area contributed by atoms with Crippen molar-refractivity contribution in [3.8, 4) is 5.69 Å². The van der Waals surface area contributed by atoms with Crippen LogP contribution in [0.1, 0.15) is 27.0 Å². The highest BCUT2D eigenvalue weighted by molar-refractivity contribution is 6.05. The Morgan fingerprint density at radius 3 is 2.46 bits per heavy atom. The molecule has 2 aromatic carbocycles. The normalized spacial score (nSPS) is 11.0. The molecule has 0 radical (unpaired) electrons. The van der Waals surface area contributed by atoms with Crippen LogP contribution in [0.25, 0.3) is 16.6 Å². The number of benzene rings is 2. The molecule has 0 unspecified atom stereocenters. The molecule has 4 aromatic rings. The predicted molar refractivity (Wildman–Crippen MR) is 106 cm³/mol. The Kier molecular flexibility index (Phi) is 4.61. The van der Waals surface area contributed by atoms with Crippen molar-refractivity contribution >= 4 is 16.8 Å². The molecule has 5 nitrogen and oxygen atoms in total. The standard InChI is InChI=1S/C22H19FN4O/c1-14-7-15(2)9-16(8-14)10-25-22(28)20-11-24-13-21-19(20)12-26-27(21)18-5-3-17(23)4-6-18/h3-9,11-13H,10H2,1-2H3,(H,25,28). The third-order valence-electron chi connectivity index (χ3n) is 4.55. The van der Waals surface area contributed by atoms with Crippen LogP contribution in [0.3, 0.4) is 0 Å². The number of fused-ring (bicyclic) bond motifs is 1. The predicted octanol–water partition coefficient (Wildman–Crippen LogP) is 4.11. The molecule has 0 saturated heterocycles. The summed E-state index contributed by atoms with van der Waals surface area (Å²) in [7, 11) is 0. The van der Waals surface area contributed by atoms with Crippen LogP contribution < -0.4 is 5.32 Å². The number of rotatable bonds is 4. The SMILES string of the molecule is Cc1cc(C)cc(CNC(=O)c2cncc3c2cnn3-c2ccc(F)cc2)c1.